The van der Waals surface area contributed by atoms with Crippen LogP contribution < -0.4 is 14.2 Å². The maximum atomic E-state index is 12.8. The van der Waals surface area contributed by atoms with Gasteiger partial charge in [0, 0.05) is 18.2 Å². The first-order valence-electron chi connectivity index (χ1n) is 10.2. The number of methoxy groups -OCH3 is 1. The van der Waals surface area contributed by atoms with Crippen molar-refractivity contribution in [3.63, 3.8) is 0 Å². The molecule has 4 rings (SSSR count). The normalized spacial score (nSPS) is 18.2. The van der Waals surface area contributed by atoms with Crippen LogP contribution in [0.1, 0.15) is 35.2 Å². The number of nitrogens with zero attached hydrogens (tertiary/aromatic N) is 1. The minimum Gasteiger partial charge on any atom is -0.497 e. The summed E-state index contributed by atoms with van der Waals surface area (Å²) < 4.78 is 16.8. The maximum Gasteiger partial charge on any atom is 0.196 e. The number of piperidine rings is 1. The molecule has 5 nitrogen and oxygen atoms in total. The van der Waals surface area contributed by atoms with Crippen LogP contribution in [0, 0.1) is 0 Å². The van der Waals surface area contributed by atoms with Crippen molar-refractivity contribution < 1.29 is 19.0 Å². The highest BCUT2D eigenvalue weighted by Gasteiger charge is 2.23. The summed E-state index contributed by atoms with van der Waals surface area (Å²) in [4.78, 5) is 15.2. The van der Waals surface area contributed by atoms with Crippen molar-refractivity contribution in [2.45, 2.75) is 19.3 Å². The van der Waals surface area contributed by atoms with E-state index in [1.165, 1.54) is 32.4 Å². The molecule has 0 unspecified atom stereocenters. The summed E-state index contributed by atoms with van der Waals surface area (Å²) in [6.45, 7) is 4.30. The number of likely N-dealkylation sites (tertiary alicyclic amines) is 1. The molecule has 2 aliphatic rings. The predicted molar refractivity (Wildman–Crippen MR) is 113 cm³/mol. The predicted octanol–water partition coefficient (Wildman–Crippen LogP) is 4.22. The second-order valence-corrected chi connectivity index (χ2v) is 7.47. The van der Waals surface area contributed by atoms with Gasteiger partial charge in [0.15, 0.2) is 5.78 Å². The molecule has 5 heteroatoms. The van der Waals surface area contributed by atoms with Crippen molar-refractivity contribution in [2.24, 2.45) is 0 Å². The molecule has 0 saturated carbocycles. The highest BCUT2D eigenvalue weighted by atomic mass is 16.5. The number of carbonyl (C=O) groups excluding carboxylic acids is 1. The maximum absolute atomic E-state index is 12.8. The van der Waals surface area contributed by atoms with Crippen LogP contribution in [0.4, 0.5) is 0 Å². The van der Waals surface area contributed by atoms with Gasteiger partial charge in [-0.05, 0) is 61.8 Å². The lowest BCUT2D eigenvalue weighted by atomic mass is 9.98. The Morgan fingerprint density at radius 1 is 1.03 bits per heavy atom. The van der Waals surface area contributed by atoms with Gasteiger partial charge in [0.1, 0.15) is 30.5 Å². The van der Waals surface area contributed by atoms with Crippen molar-refractivity contribution in [3.05, 3.63) is 59.2 Å². The van der Waals surface area contributed by atoms with E-state index in [-0.39, 0.29) is 12.4 Å². The lowest BCUT2D eigenvalue weighted by Gasteiger charge is -2.26. The number of hydrogen-bond donors (Lipinski definition) is 0. The van der Waals surface area contributed by atoms with Crippen molar-refractivity contribution in [2.75, 3.05) is 40.0 Å². The van der Waals surface area contributed by atoms with Crippen molar-refractivity contribution in [1.82, 2.24) is 4.90 Å². The van der Waals surface area contributed by atoms with Crippen LogP contribution in [0.5, 0.6) is 17.2 Å². The molecule has 2 heterocycles. The number of hydrogen-bond acceptors (Lipinski definition) is 5. The summed E-state index contributed by atoms with van der Waals surface area (Å²) in [5.41, 5.74) is 2.17. The number of Topliss-reactive ketones (excluding diaryl/α,β-unsaturated/α-hetero) is 1. The van der Waals surface area contributed by atoms with E-state index in [0.717, 1.165) is 17.9 Å². The monoisotopic (exact) mass is 393 g/mol. The molecule has 1 saturated heterocycles. The second-order valence-electron chi connectivity index (χ2n) is 7.47. The molecule has 2 aliphatic heterocycles. The fourth-order valence-corrected chi connectivity index (χ4v) is 3.77. The Bertz CT molecular complexity index is 882. The van der Waals surface area contributed by atoms with E-state index in [0.29, 0.717) is 29.2 Å². The topological polar surface area (TPSA) is 48.0 Å². The van der Waals surface area contributed by atoms with Crippen LogP contribution in [-0.4, -0.2) is 50.6 Å². The average Bonchev–Trinajstić information content (AvgIpc) is 2.77. The number of ether oxygens (including phenoxy) is 3. The lowest BCUT2D eigenvalue weighted by molar-refractivity contribution is 0.100. The average molecular weight is 393 g/mol. The smallest absolute Gasteiger partial charge is 0.196 e. The molecule has 0 bridgehead atoms. The second kappa shape index (κ2) is 9.14. The molecule has 2 aromatic carbocycles. The van der Waals surface area contributed by atoms with Gasteiger partial charge in [-0.25, -0.2) is 0 Å². The quantitative estimate of drug-likeness (QED) is 0.688. The van der Waals surface area contributed by atoms with E-state index in [2.05, 4.69) is 4.90 Å². The molecule has 2 aromatic rings. The van der Waals surface area contributed by atoms with E-state index in [1.807, 2.05) is 30.3 Å². The van der Waals surface area contributed by atoms with E-state index < -0.39 is 0 Å². The van der Waals surface area contributed by atoms with Gasteiger partial charge in [0.25, 0.3) is 0 Å². The van der Waals surface area contributed by atoms with Gasteiger partial charge >= 0.3 is 0 Å². The number of ketones is 1. The third-order valence-corrected chi connectivity index (χ3v) is 5.45. The fourth-order valence-electron chi connectivity index (χ4n) is 3.77. The molecular weight excluding hydrogens is 366 g/mol. The van der Waals surface area contributed by atoms with E-state index >= 15 is 0 Å². The molecule has 0 radical (unpaired) electrons. The largest absolute Gasteiger partial charge is 0.497 e. The zero-order valence-electron chi connectivity index (χ0n) is 16.9. The third kappa shape index (κ3) is 4.80. The van der Waals surface area contributed by atoms with Crippen LogP contribution in [0.3, 0.4) is 0 Å². The molecule has 0 aliphatic carbocycles. The van der Waals surface area contributed by atoms with Gasteiger partial charge in [-0.1, -0.05) is 18.6 Å². The van der Waals surface area contributed by atoms with Gasteiger partial charge < -0.3 is 14.2 Å². The van der Waals surface area contributed by atoms with Crippen molar-refractivity contribution >= 4 is 11.9 Å². The minimum absolute atomic E-state index is 0.00392. The molecule has 0 atom stereocenters. The van der Waals surface area contributed by atoms with Gasteiger partial charge in [-0.3, -0.25) is 9.69 Å². The van der Waals surface area contributed by atoms with Crippen molar-refractivity contribution in [1.29, 1.82) is 0 Å². The molecule has 0 N–H and O–H groups in total. The highest BCUT2D eigenvalue weighted by Crippen LogP contribution is 2.31. The molecule has 0 amide bonds. The molecule has 29 heavy (non-hydrogen) atoms. The molecule has 1 fully saturated rings. The zero-order chi connectivity index (χ0) is 20.1. The van der Waals surface area contributed by atoms with Gasteiger partial charge in [-0.15, -0.1) is 0 Å². The molecule has 0 aromatic heterocycles. The van der Waals surface area contributed by atoms with Crippen LogP contribution in [-0.2, 0) is 0 Å². The Morgan fingerprint density at radius 2 is 1.79 bits per heavy atom. The molecular formula is C24H27NO4. The van der Waals surface area contributed by atoms with E-state index in [9.17, 15) is 4.79 Å². The van der Waals surface area contributed by atoms with Gasteiger partial charge in [-0.2, -0.15) is 0 Å². The summed E-state index contributed by atoms with van der Waals surface area (Å²) in [5.74, 6) is 2.10. The van der Waals surface area contributed by atoms with Gasteiger partial charge in [0.05, 0.1) is 12.7 Å². The highest BCUT2D eigenvalue weighted by molar-refractivity contribution is 6.14. The first-order valence-corrected chi connectivity index (χ1v) is 10.2. The van der Waals surface area contributed by atoms with Gasteiger partial charge in [0.2, 0.25) is 0 Å². The third-order valence-electron chi connectivity index (χ3n) is 5.45. The molecule has 152 valence electrons. The molecule has 0 spiro atoms. The first-order chi connectivity index (χ1) is 14.2. The summed E-state index contributed by atoms with van der Waals surface area (Å²) in [7, 11) is 1.60. The zero-order valence-corrected chi connectivity index (χ0v) is 16.9. The Kier molecular flexibility index (Phi) is 6.15. The Morgan fingerprint density at radius 3 is 2.55 bits per heavy atom. The van der Waals surface area contributed by atoms with Crippen LogP contribution in [0.25, 0.3) is 6.08 Å². The summed E-state index contributed by atoms with van der Waals surface area (Å²) >= 11 is 0. The summed E-state index contributed by atoms with van der Waals surface area (Å²) in [6.07, 6.45) is 5.82. The SMILES string of the molecule is COc1ccc2c(c1)OCC(=Cc1ccc(OCCN3CCCCC3)cc1)C2=O. The van der Waals surface area contributed by atoms with Crippen LogP contribution in [0.15, 0.2) is 48.0 Å². The fraction of sp³-hybridized carbons (Fsp3) is 0.375. The minimum atomic E-state index is -0.00392. The summed E-state index contributed by atoms with van der Waals surface area (Å²) in [5, 5.41) is 0. The van der Waals surface area contributed by atoms with Crippen LogP contribution in [0.2, 0.25) is 0 Å². The van der Waals surface area contributed by atoms with Crippen LogP contribution >= 0.6 is 0 Å². The Hall–Kier alpha value is -2.79. The Labute approximate surface area is 171 Å². The number of carbonyl (C=O) groups is 1. The first kappa shape index (κ1) is 19.5. The van der Waals surface area contributed by atoms with E-state index in [4.69, 9.17) is 14.2 Å². The van der Waals surface area contributed by atoms with E-state index in [1.54, 1.807) is 25.3 Å². The number of benzene rings is 2. The lowest BCUT2D eigenvalue weighted by Crippen LogP contribution is -2.33. The van der Waals surface area contributed by atoms with Crippen molar-refractivity contribution in [3.8, 4) is 17.2 Å². The Balaban J connectivity index is 1.36. The number of rotatable bonds is 6. The standard InChI is InChI=1S/C24H27NO4/c1-27-21-9-10-22-23(16-21)29-17-19(24(22)26)15-18-5-7-20(8-6-18)28-14-13-25-11-3-2-4-12-25/h5-10,15-16H,2-4,11-14,17H2,1H3. The number of fused-ring (bicyclic) bond motifs is 1. The summed E-state index contributed by atoms with van der Waals surface area (Å²) in [6, 6.07) is 13.1.